The molecule has 2 rings (SSSR count). The van der Waals surface area contributed by atoms with Crippen LogP contribution in [0.3, 0.4) is 0 Å². The summed E-state index contributed by atoms with van der Waals surface area (Å²) < 4.78 is 16.8. The van der Waals surface area contributed by atoms with E-state index in [-0.39, 0.29) is 6.10 Å². The third-order valence-electron chi connectivity index (χ3n) is 4.13. The lowest BCUT2D eigenvalue weighted by Crippen LogP contribution is -2.43. The van der Waals surface area contributed by atoms with Gasteiger partial charge in [-0.3, -0.25) is 0 Å². The van der Waals surface area contributed by atoms with Gasteiger partial charge in [-0.25, -0.2) is 0 Å². The first-order chi connectivity index (χ1) is 10.2. The van der Waals surface area contributed by atoms with Gasteiger partial charge in [-0.1, -0.05) is 18.9 Å². The molecule has 0 saturated heterocycles. The molecule has 4 heteroatoms. The molecule has 4 nitrogen and oxygen atoms in total. The Morgan fingerprint density at radius 1 is 1.14 bits per heavy atom. The monoisotopic (exact) mass is 294 g/mol. The first kappa shape index (κ1) is 16.1. The number of rotatable bonds is 6. The molecule has 0 amide bonds. The Bertz CT molecular complexity index is 460. The third kappa shape index (κ3) is 3.33. The summed E-state index contributed by atoms with van der Waals surface area (Å²) in [6, 6.07) is 5.69. The summed E-state index contributed by atoms with van der Waals surface area (Å²) in [5.74, 6) is 1.40. The molecule has 0 bridgehead atoms. The Hall–Kier alpha value is -1.26. The highest BCUT2D eigenvalue weighted by Crippen LogP contribution is 2.41. The van der Waals surface area contributed by atoms with E-state index in [9.17, 15) is 5.11 Å². The lowest BCUT2D eigenvalue weighted by molar-refractivity contribution is -0.122. The van der Waals surface area contributed by atoms with Crippen LogP contribution >= 0.6 is 0 Å². The van der Waals surface area contributed by atoms with E-state index in [4.69, 9.17) is 14.2 Å². The van der Waals surface area contributed by atoms with Crippen LogP contribution < -0.4 is 9.47 Å². The van der Waals surface area contributed by atoms with Crippen LogP contribution in [0.25, 0.3) is 0 Å². The molecule has 0 aliphatic heterocycles. The molecule has 0 radical (unpaired) electrons. The van der Waals surface area contributed by atoms with Crippen molar-refractivity contribution in [3.63, 3.8) is 0 Å². The molecular formula is C17H26O4. The van der Waals surface area contributed by atoms with Gasteiger partial charge in [0.15, 0.2) is 11.5 Å². The highest BCUT2D eigenvalue weighted by molar-refractivity contribution is 5.45. The Morgan fingerprint density at radius 2 is 1.86 bits per heavy atom. The number of aliphatic hydroxyl groups is 1. The van der Waals surface area contributed by atoms with Crippen LogP contribution in [0.5, 0.6) is 11.5 Å². The second-order valence-electron chi connectivity index (χ2n) is 5.42. The summed E-state index contributed by atoms with van der Waals surface area (Å²) in [4.78, 5) is 0. The summed E-state index contributed by atoms with van der Waals surface area (Å²) in [6.07, 6.45) is 3.53. The van der Waals surface area contributed by atoms with E-state index in [0.717, 1.165) is 30.6 Å². The van der Waals surface area contributed by atoms with Gasteiger partial charge in [0.2, 0.25) is 0 Å². The maximum Gasteiger partial charge on any atom is 0.161 e. The van der Waals surface area contributed by atoms with Crippen LogP contribution in [0.4, 0.5) is 0 Å². The molecular weight excluding hydrogens is 268 g/mol. The molecule has 1 fully saturated rings. The smallest absolute Gasteiger partial charge is 0.161 e. The van der Waals surface area contributed by atoms with Crippen molar-refractivity contribution >= 4 is 0 Å². The van der Waals surface area contributed by atoms with Crippen molar-refractivity contribution in [2.24, 2.45) is 0 Å². The average Bonchev–Trinajstić information content (AvgIpc) is 2.50. The van der Waals surface area contributed by atoms with Crippen LogP contribution in [-0.2, 0) is 10.3 Å². The minimum Gasteiger partial charge on any atom is -0.490 e. The molecule has 2 atom stereocenters. The summed E-state index contributed by atoms with van der Waals surface area (Å²) in [6.45, 7) is 5.04. The largest absolute Gasteiger partial charge is 0.490 e. The van der Waals surface area contributed by atoms with Crippen molar-refractivity contribution in [1.82, 2.24) is 0 Å². The quantitative estimate of drug-likeness (QED) is 0.875. The zero-order valence-electron chi connectivity index (χ0n) is 13.2. The summed E-state index contributed by atoms with van der Waals surface area (Å²) in [5, 5.41) is 11.1. The summed E-state index contributed by atoms with van der Waals surface area (Å²) in [7, 11) is 1.67. The van der Waals surface area contributed by atoms with Crippen LogP contribution in [-0.4, -0.2) is 31.5 Å². The molecule has 1 N–H and O–H groups in total. The fourth-order valence-corrected chi connectivity index (χ4v) is 3.09. The Labute approximate surface area is 127 Å². The van der Waals surface area contributed by atoms with Gasteiger partial charge < -0.3 is 19.3 Å². The molecule has 0 heterocycles. The molecule has 118 valence electrons. The highest BCUT2D eigenvalue weighted by Gasteiger charge is 2.41. The molecule has 1 saturated carbocycles. The lowest BCUT2D eigenvalue weighted by Gasteiger charge is -2.39. The van der Waals surface area contributed by atoms with Gasteiger partial charge in [-0.05, 0) is 44.4 Å². The van der Waals surface area contributed by atoms with Crippen LogP contribution in [0, 0.1) is 0 Å². The van der Waals surface area contributed by atoms with E-state index in [1.165, 1.54) is 0 Å². The zero-order chi connectivity index (χ0) is 15.3. The topological polar surface area (TPSA) is 47.9 Å². The van der Waals surface area contributed by atoms with Crippen LogP contribution in [0.15, 0.2) is 18.2 Å². The normalized spacial score (nSPS) is 25.6. The zero-order valence-corrected chi connectivity index (χ0v) is 13.2. The van der Waals surface area contributed by atoms with E-state index >= 15 is 0 Å². The van der Waals surface area contributed by atoms with Crippen LogP contribution in [0.1, 0.15) is 45.1 Å². The van der Waals surface area contributed by atoms with E-state index in [2.05, 4.69) is 0 Å². The van der Waals surface area contributed by atoms with Gasteiger partial charge in [0.05, 0.1) is 19.3 Å². The van der Waals surface area contributed by atoms with Crippen molar-refractivity contribution in [1.29, 1.82) is 0 Å². The second-order valence-corrected chi connectivity index (χ2v) is 5.42. The SMILES string of the molecule is CCOc1ccc(C2(O)CCCCC2OC)cc1OCC. The van der Waals surface area contributed by atoms with E-state index in [1.807, 2.05) is 32.0 Å². The van der Waals surface area contributed by atoms with Crippen molar-refractivity contribution in [2.45, 2.75) is 51.2 Å². The Kier molecular flexibility index (Phi) is 5.48. The van der Waals surface area contributed by atoms with E-state index in [1.54, 1.807) is 7.11 Å². The van der Waals surface area contributed by atoms with Crippen molar-refractivity contribution in [2.75, 3.05) is 20.3 Å². The maximum absolute atomic E-state index is 11.1. The maximum atomic E-state index is 11.1. The highest BCUT2D eigenvalue weighted by atomic mass is 16.5. The minimum atomic E-state index is -0.941. The molecule has 1 aliphatic carbocycles. The van der Waals surface area contributed by atoms with Gasteiger partial charge in [0, 0.05) is 7.11 Å². The first-order valence-electron chi connectivity index (χ1n) is 7.81. The van der Waals surface area contributed by atoms with Crippen LogP contribution in [0.2, 0.25) is 0 Å². The molecule has 0 aromatic heterocycles. The molecule has 1 aliphatic rings. The molecule has 2 unspecified atom stereocenters. The second kappa shape index (κ2) is 7.14. The molecule has 0 spiro atoms. The Balaban J connectivity index is 2.35. The van der Waals surface area contributed by atoms with Gasteiger partial charge in [0.1, 0.15) is 5.60 Å². The van der Waals surface area contributed by atoms with Crippen molar-refractivity contribution < 1.29 is 19.3 Å². The van der Waals surface area contributed by atoms with Gasteiger partial charge in [-0.15, -0.1) is 0 Å². The van der Waals surface area contributed by atoms with Gasteiger partial charge in [-0.2, -0.15) is 0 Å². The molecule has 1 aromatic rings. The molecule has 1 aromatic carbocycles. The predicted octanol–water partition coefficient (Wildman–Crippen LogP) is 3.26. The Morgan fingerprint density at radius 3 is 2.52 bits per heavy atom. The summed E-state index contributed by atoms with van der Waals surface area (Å²) >= 11 is 0. The van der Waals surface area contributed by atoms with Crippen molar-refractivity contribution in [3.05, 3.63) is 23.8 Å². The molecule has 21 heavy (non-hydrogen) atoms. The van der Waals surface area contributed by atoms with Gasteiger partial charge in [0.25, 0.3) is 0 Å². The summed E-state index contributed by atoms with van der Waals surface area (Å²) in [5.41, 5.74) is -0.0928. The number of methoxy groups -OCH3 is 1. The predicted molar refractivity (Wildman–Crippen MR) is 81.9 cm³/mol. The lowest BCUT2D eigenvalue weighted by atomic mass is 9.77. The average molecular weight is 294 g/mol. The fraction of sp³-hybridized carbons (Fsp3) is 0.647. The number of ether oxygens (including phenoxy) is 3. The number of hydrogen-bond donors (Lipinski definition) is 1. The number of hydrogen-bond acceptors (Lipinski definition) is 4. The van der Waals surface area contributed by atoms with E-state index < -0.39 is 5.60 Å². The van der Waals surface area contributed by atoms with Gasteiger partial charge >= 0.3 is 0 Å². The third-order valence-corrected chi connectivity index (χ3v) is 4.13. The fourth-order valence-electron chi connectivity index (χ4n) is 3.09. The van der Waals surface area contributed by atoms with Crippen molar-refractivity contribution in [3.8, 4) is 11.5 Å². The van der Waals surface area contributed by atoms with E-state index in [0.29, 0.717) is 25.4 Å². The first-order valence-corrected chi connectivity index (χ1v) is 7.81. The standard InChI is InChI=1S/C17H26O4/c1-4-20-14-10-9-13(12-15(14)21-5-2)17(18)11-7-6-8-16(17)19-3/h9-10,12,16,18H,4-8,11H2,1-3H3. The minimum absolute atomic E-state index is 0.168. The number of benzene rings is 1.